The van der Waals surface area contributed by atoms with E-state index in [1.165, 1.54) is 42.2 Å². The van der Waals surface area contributed by atoms with Crippen molar-refractivity contribution in [1.82, 2.24) is 9.72 Å². The summed E-state index contributed by atoms with van der Waals surface area (Å²) >= 11 is 9.56. The summed E-state index contributed by atoms with van der Waals surface area (Å²) in [5, 5.41) is 4.47. The largest absolute Gasteiger partial charge is 0.495 e. The van der Waals surface area contributed by atoms with Crippen LogP contribution in [0.4, 0.5) is 5.82 Å². The Balaban J connectivity index is 1.89. The van der Waals surface area contributed by atoms with Crippen LogP contribution >= 0.6 is 27.5 Å². The molecule has 2 aromatic carbocycles. The number of benzene rings is 2. The molecule has 0 unspecified atom stereocenters. The van der Waals surface area contributed by atoms with Gasteiger partial charge in [0.2, 0.25) is 0 Å². The molecule has 4 rings (SSSR count). The molecule has 154 valence electrons. The van der Waals surface area contributed by atoms with Gasteiger partial charge in [0.1, 0.15) is 12.0 Å². The number of methoxy groups -OCH3 is 1. The highest BCUT2D eigenvalue weighted by Crippen LogP contribution is 2.34. The normalized spacial score (nSPS) is 11.6. The van der Waals surface area contributed by atoms with Crippen LogP contribution in [0.25, 0.3) is 16.6 Å². The number of pyridine rings is 1. The van der Waals surface area contributed by atoms with Gasteiger partial charge in [-0.3, -0.25) is 14.1 Å². The Bertz CT molecular complexity index is 1420. The molecule has 0 saturated carbocycles. The number of ether oxygens (including phenoxy) is 1. The third-order valence-corrected chi connectivity index (χ3v) is 6.86. The summed E-state index contributed by atoms with van der Waals surface area (Å²) in [6.07, 6.45) is 1.26. The van der Waals surface area contributed by atoms with Gasteiger partial charge in [-0.15, -0.1) is 0 Å². The van der Waals surface area contributed by atoms with Crippen LogP contribution in [0.5, 0.6) is 5.75 Å². The second kappa shape index (κ2) is 7.78. The Hall–Kier alpha value is -2.82. The first-order valence-corrected chi connectivity index (χ1v) is 11.1. The van der Waals surface area contributed by atoms with Gasteiger partial charge in [-0.05, 0) is 52.3 Å². The molecule has 0 aliphatic carbocycles. The summed E-state index contributed by atoms with van der Waals surface area (Å²) in [5.74, 6) is 0.486. The van der Waals surface area contributed by atoms with E-state index in [0.717, 1.165) is 0 Å². The highest BCUT2D eigenvalue weighted by atomic mass is 79.9. The van der Waals surface area contributed by atoms with E-state index in [4.69, 9.17) is 16.3 Å². The molecule has 0 aliphatic rings. The van der Waals surface area contributed by atoms with Crippen LogP contribution in [0, 0.1) is 0 Å². The molecular weight excluding hydrogens is 498 g/mol. The van der Waals surface area contributed by atoms with Crippen LogP contribution in [0.15, 0.2) is 73.5 Å². The number of halogens is 2. The molecule has 0 bridgehead atoms. The Morgan fingerprint density at radius 1 is 1.17 bits per heavy atom. The Kier molecular flexibility index (Phi) is 5.31. The maximum atomic E-state index is 12.7. The quantitative estimate of drug-likeness (QED) is 0.431. The molecule has 0 fully saturated rings. The monoisotopic (exact) mass is 509 g/mol. The summed E-state index contributed by atoms with van der Waals surface area (Å²) in [6.45, 7) is 0. The van der Waals surface area contributed by atoms with Crippen molar-refractivity contribution in [2.45, 2.75) is 4.90 Å². The maximum Gasteiger partial charge on any atom is 0.263 e. The number of sulfonamides is 1. The third-order valence-electron chi connectivity index (χ3n) is 4.32. The highest BCUT2D eigenvalue weighted by Gasteiger charge is 2.18. The zero-order valence-electron chi connectivity index (χ0n) is 15.3. The van der Waals surface area contributed by atoms with Gasteiger partial charge in [-0.25, -0.2) is 8.42 Å². The van der Waals surface area contributed by atoms with Crippen LogP contribution in [-0.2, 0) is 10.0 Å². The van der Waals surface area contributed by atoms with Crippen LogP contribution in [0.3, 0.4) is 0 Å². The van der Waals surface area contributed by atoms with Gasteiger partial charge in [0.05, 0.1) is 28.2 Å². The topological polar surface area (TPSA) is 103 Å². The number of rotatable bonds is 5. The Morgan fingerprint density at radius 2 is 1.97 bits per heavy atom. The number of nitrogens with one attached hydrogen (secondary N) is 1. The number of aromatic nitrogens is 2. The third kappa shape index (κ3) is 3.69. The van der Waals surface area contributed by atoms with E-state index in [2.05, 4.69) is 30.3 Å². The molecule has 0 amide bonds. The molecule has 0 saturated heterocycles. The van der Waals surface area contributed by atoms with E-state index in [-0.39, 0.29) is 16.3 Å². The van der Waals surface area contributed by atoms with Crippen molar-refractivity contribution in [2.24, 2.45) is 0 Å². The molecule has 1 N–H and O–H groups in total. The van der Waals surface area contributed by atoms with Gasteiger partial charge in [-0.2, -0.15) is 0 Å². The molecule has 0 spiro atoms. The summed E-state index contributed by atoms with van der Waals surface area (Å²) in [5.41, 5.74) is 0.590. The molecule has 0 atom stereocenters. The van der Waals surface area contributed by atoms with E-state index in [1.54, 1.807) is 24.3 Å². The lowest BCUT2D eigenvalue weighted by molar-refractivity contribution is 0.412. The number of hydrogen-bond donors (Lipinski definition) is 1. The first-order chi connectivity index (χ1) is 14.3. The summed E-state index contributed by atoms with van der Waals surface area (Å²) < 4.78 is 39.7. The van der Waals surface area contributed by atoms with E-state index < -0.39 is 10.0 Å². The second-order valence-electron chi connectivity index (χ2n) is 6.16. The summed E-state index contributed by atoms with van der Waals surface area (Å²) in [4.78, 5) is 12.7. The van der Waals surface area contributed by atoms with Crippen molar-refractivity contribution in [1.29, 1.82) is 0 Å². The van der Waals surface area contributed by atoms with Crippen molar-refractivity contribution < 1.29 is 17.7 Å². The molecule has 0 aliphatic heterocycles. The van der Waals surface area contributed by atoms with Crippen molar-refractivity contribution in [3.63, 3.8) is 0 Å². The molecular formula is C19H13BrClN3O5S. The van der Waals surface area contributed by atoms with Crippen LogP contribution in [0.1, 0.15) is 0 Å². The van der Waals surface area contributed by atoms with Gasteiger partial charge >= 0.3 is 0 Å². The van der Waals surface area contributed by atoms with Gasteiger partial charge in [0.25, 0.3) is 15.6 Å². The van der Waals surface area contributed by atoms with Crippen molar-refractivity contribution in [3.05, 3.63) is 74.6 Å². The summed E-state index contributed by atoms with van der Waals surface area (Å²) in [7, 11) is -2.42. The predicted molar refractivity (Wildman–Crippen MR) is 116 cm³/mol. The van der Waals surface area contributed by atoms with Crippen LogP contribution in [-0.4, -0.2) is 25.3 Å². The van der Waals surface area contributed by atoms with E-state index >= 15 is 0 Å². The van der Waals surface area contributed by atoms with Gasteiger partial charge < -0.3 is 9.26 Å². The first-order valence-electron chi connectivity index (χ1n) is 8.42. The Morgan fingerprint density at radius 3 is 2.67 bits per heavy atom. The number of nitrogens with zero attached hydrogens (tertiary/aromatic N) is 2. The van der Waals surface area contributed by atoms with Crippen molar-refractivity contribution in [3.8, 4) is 11.4 Å². The fourth-order valence-corrected chi connectivity index (χ4v) is 4.47. The number of hydrogen-bond acceptors (Lipinski definition) is 6. The number of anilines is 1. The van der Waals surface area contributed by atoms with Gasteiger partial charge in [0, 0.05) is 22.0 Å². The lowest BCUT2D eigenvalue weighted by Crippen LogP contribution is -2.19. The molecule has 2 aromatic heterocycles. The van der Waals surface area contributed by atoms with Gasteiger partial charge in [0.15, 0.2) is 5.82 Å². The minimum absolute atomic E-state index is 0.00371. The van der Waals surface area contributed by atoms with E-state index in [1.807, 2.05) is 0 Å². The molecule has 2 heterocycles. The minimum Gasteiger partial charge on any atom is -0.495 e. The van der Waals surface area contributed by atoms with Crippen molar-refractivity contribution >= 4 is 54.3 Å². The second-order valence-corrected chi connectivity index (χ2v) is 9.10. The molecule has 30 heavy (non-hydrogen) atoms. The highest BCUT2D eigenvalue weighted by molar-refractivity contribution is 9.10. The van der Waals surface area contributed by atoms with Crippen LogP contribution in [0.2, 0.25) is 5.02 Å². The molecule has 4 aromatic rings. The fourth-order valence-electron chi connectivity index (χ4n) is 2.96. The Labute approximate surface area is 184 Å². The number of fused-ring (bicyclic) bond motifs is 1. The molecule has 0 radical (unpaired) electrons. The SMILES string of the molecule is COc1cc(Br)c(Cl)cc1-n1c(=O)ccc2cc(S(=O)(=O)Nc3ccon3)ccc21. The van der Waals surface area contributed by atoms with Crippen molar-refractivity contribution in [2.75, 3.05) is 11.8 Å². The summed E-state index contributed by atoms with van der Waals surface area (Å²) in [6, 6.07) is 11.9. The first kappa shape index (κ1) is 20.5. The van der Waals surface area contributed by atoms with Gasteiger partial charge in [-0.1, -0.05) is 16.8 Å². The maximum absolute atomic E-state index is 12.7. The van der Waals surface area contributed by atoms with E-state index in [9.17, 15) is 13.2 Å². The fraction of sp³-hybridized carbons (Fsp3) is 0.0526. The lowest BCUT2D eigenvalue weighted by atomic mass is 10.2. The average molecular weight is 511 g/mol. The van der Waals surface area contributed by atoms with Crippen LogP contribution < -0.4 is 15.0 Å². The average Bonchev–Trinajstić information content (AvgIpc) is 3.21. The minimum atomic E-state index is -3.90. The lowest BCUT2D eigenvalue weighted by Gasteiger charge is -2.15. The van der Waals surface area contributed by atoms with E-state index in [0.29, 0.717) is 31.8 Å². The standard InChI is InChI=1S/C19H13BrClN3O5S/c1-28-17-9-13(20)14(21)10-16(17)24-15-4-3-12(8-11(15)2-5-19(24)25)30(26,27)23-18-6-7-29-22-18/h2-10H,1H3,(H,22,23). The molecule has 11 heteroatoms. The zero-order valence-corrected chi connectivity index (χ0v) is 18.5. The molecule has 8 nitrogen and oxygen atoms in total. The zero-order chi connectivity index (χ0) is 21.5. The smallest absolute Gasteiger partial charge is 0.263 e. The predicted octanol–water partition coefficient (Wildman–Crippen LogP) is 4.20.